The lowest BCUT2D eigenvalue weighted by Crippen LogP contribution is -1.98. The van der Waals surface area contributed by atoms with E-state index < -0.39 is 0 Å². The predicted molar refractivity (Wildman–Crippen MR) is 69.2 cm³/mol. The van der Waals surface area contributed by atoms with Gasteiger partial charge in [0.1, 0.15) is 5.82 Å². The minimum Gasteiger partial charge on any atom is -0.326 e. The van der Waals surface area contributed by atoms with E-state index in [1.165, 1.54) is 6.07 Å². The second kappa shape index (κ2) is 4.68. The summed E-state index contributed by atoms with van der Waals surface area (Å²) in [4.78, 5) is 0. The van der Waals surface area contributed by atoms with Gasteiger partial charge in [0.15, 0.2) is 0 Å². The zero-order valence-electron chi connectivity index (χ0n) is 10.1. The minimum atomic E-state index is -0.167. The lowest BCUT2D eigenvalue weighted by molar-refractivity contribution is 0.619. The molecule has 0 bridgehead atoms. The Kier molecular flexibility index (Phi) is 3.25. The van der Waals surface area contributed by atoms with Crippen molar-refractivity contribution in [1.29, 1.82) is 0 Å². The Morgan fingerprint density at radius 3 is 2.53 bits per heavy atom. The highest BCUT2D eigenvalue weighted by Crippen LogP contribution is 2.28. The topological polar surface area (TPSA) is 26.0 Å². The molecule has 2 N–H and O–H groups in total. The lowest BCUT2D eigenvalue weighted by Gasteiger charge is -2.11. The third kappa shape index (κ3) is 2.22. The number of halogens is 1. The maximum atomic E-state index is 13.6. The maximum absolute atomic E-state index is 13.6. The summed E-state index contributed by atoms with van der Waals surface area (Å²) in [7, 11) is 0. The van der Waals surface area contributed by atoms with Crippen molar-refractivity contribution in [1.82, 2.24) is 0 Å². The summed E-state index contributed by atoms with van der Waals surface area (Å²) in [5.41, 5.74) is 10.5. The minimum absolute atomic E-state index is 0.167. The molecular formula is C15H16FN. The molecule has 0 radical (unpaired) electrons. The normalized spacial score (nSPS) is 10.6. The van der Waals surface area contributed by atoms with Crippen LogP contribution in [0.4, 0.5) is 4.39 Å². The Balaban J connectivity index is 2.63. The van der Waals surface area contributed by atoms with E-state index in [-0.39, 0.29) is 5.82 Å². The van der Waals surface area contributed by atoms with Gasteiger partial charge >= 0.3 is 0 Å². The van der Waals surface area contributed by atoms with Crippen molar-refractivity contribution in [3.05, 3.63) is 58.9 Å². The molecule has 2 rings (SSSR count). The molecule has 0 aliphatic rings. The zero-order chi connectivity index (χ0) is 12.4. The highest BCUT2D eigenvalue weighted by molar-refractivity contribution is 5.71. The molecule has 0 saturated heterocycles. The molecule has 2 aromatic carbocycles. The van der Waals surface area contributed by atoms with Crippen LogP contribution in [0.15, 0.2) is 36.4 Å². The second-order valence-electron chi connectivity index (χ2n) is 4.27. The smallest absolute Gasteiger partial charge is 0.126 e. The van der Waals surface area contributed by atoms with Crippen LogP contribution in [0.3, 0.4) is 0 Å². The number of benzene rings is 2. The summed E-state index contributed by atoms with van der Waals surface area (Å²) < 4.78 is 13.6. The van der Waals surface area contributed by atoms with Gasteiger partial charge in [0, 0.05) is 6.54 Å². The number of hydrogen-bond acceptors (Lipinski definition) is 1. The van der Waals surface area contributed by atoms with E-state index in [0.29, 0.717) is 12.1 Å². The van der Waals surface area contributed by atoms with Crippen LogP contribution in [0.2, 0.25) is 0 Å². The number of nitrogens with two attached hydrogens (primary N) is 1. The number of rotatable bonds is 2. The van der Waals surface area contributed by atoms with Crippen LogP contribution in [-0.2, 0) is 6.54 Å². The average Bonchev–Trinajstić information content (AvgIpc) is 2.34. The number of hydrogen-bond donors (Lipinski definition) is 1. The molecule has 88 valence electrons. The predicted octanol–water partition coefficient (Wildman–Crippen LogP) is 3.57. The molecule has 0 unspecified atom stereocenters. The fourth-order valence-electron chi connectivity index (χ4n) is 1.99. The van der Waals surface area contributed by atoms with Gasteiger partial charge in [0.05, 0.1) is 0 Å². The third-order valence-electron chi connectivity index (χ3n) is 3.10. The van der Waals surface area contributed by atoms with Crippen molar-refractivity contribution in [2.45, 2.75) is 20.4 Å². The Hall–Kier alpha value is -1.67. The monoisotopic (exact) mass is 229 g/mol. The van der Waals surface area contributed by atoms with Crippen LogP contribution in [-0.4, -0.2) is 0 Å². The first-order valence-electron chi connectivity index (χ1n) is 5.68. The first kappa shape index (κ1) is 11.8. The molecule has 0 spiro atoms. The fourth-order valence-corrected chi connectivity index (χ4v) is 1.99. The highest BCUT2D eigenvalue weighted by Gasteiger charge is 2.08. The molecule has 0 amide bonds. The molecule has 0 saturated carbocycles. The van der Waals surface area contributed by atoms with Crippen molar-refractivity contribution in [2.24, 2.45) is 5.73 Å². The highest BCUT2D eigenvalue weighted by atomic mass is 19.1. The molecule has 0 aliphatic heterocycles. The first-order valence-corrected chi connectivity index (χ1v) is 5.68. The Morgan fingerprint density at radius 2 is 1.82 bits per heavy atom. The van der Waals surface area contributed by atoms with E-state index in [4.69, 9.17) is 5.73 Å². The molecular weight excluding hydrogens is 213 g/mol. The van der Waals surface area contributed by atoms with Gasteiger partial charge in [-0.2, -0.15) is 0 Å². The van der Waals surface area contributed by atoms with Crippen LogP contribution >= 0.6 is 0 Å². The van der Waals surface area contributed by atoms with Gasteiger partial charge in [0.25, 0.3) is 0 Å². The van der Waals surface area contributed by atoms with Crippen LogP contribution in [0.1, 0.15) is 16.7 Å². The van der Waals surface area contributed by atoms with Crippen molar-refractivity contribution in [3.63, 3.8) is 0 Å². The lowest BCUT2D eigenvalue weighted by atomic mass is 9.94. The van der Waals surface area contributed by atoms with Gasteiger partial charge in [-0.3, -0.25) is 0 Å². The van der Waals surface area contributed by atoms with E-state index >= 15 is 0 Å². The number of aryl methyl sites for hydroxylation is 1. The molecule has 1 nitrogen and oxygen atoms in total. The Morgan fingerprint density at radius 1 is 1.06 bits per heavy atom. The van der Waals surface area contributed by atoms with Crippen molar-refractivity contribution >= 4 is 0 Å². The van der Waals surface area contributed by atoms with E-state index in [1.807, 2.05) is 31.2 Å². The zero-order valence-corrected chi connectivity index (χ0v) is 10.1. The van der Waals surface area contributed by atoms with Crippen LogP contribution in [0, 0.1) is 19.7 Å². The van der Waals surface area contributed by atoms with Gasteiger partial charge < -0.3 is 5.73 Å². The maximum Gasteiger partial charge on any atom is 0.126 e. The average molecular weight is 229 g/mol. The SMILES string of the molecule is Cc1ccc(CN)cc1-c1cccc(F)c1C. The van der Waals surface area contributed by atoms with E-state index in [2.05, 4.69) is 0 Å². The largest absolute Gasteiger partial charge is 0.326 e. The molecule has 2 heteroatoms. The Labute approximate surface area is 101 Å². The third-order valence-corrected chi connectivity index (χ3v) is 3.10. The molecule has 2 aromatic rings. The van der Waals surface area contributed by atoms with E-state index in [0.717, 1.165) is 22.3 Å². The van der Waals surface area contributed by atoms with Gasteiger partial charge in [0.2, 0.25) is 0 Å². The van der Waals surface area contributed by atoms with Crippen LogP contribution in [0.5, 0.6) is 0 Å². The van der Waals surface area contributed by atoms with Gasteiger partial charge in [-0.05, 0) is 53.8 Å². The van der Waals surface area contributed by atoms with Crippen molar-refractivity contribution in [2.75, 3.05) is 0 Å². The summed E-state index contributed by atoms with van der Waals surface area (Å²) in [6.07, 6.45) is 0. The summed E-state index contributed by atoms with van der Waals surface area (Å²) in [5.74, 6) is -0.167. The van der Waals surface area contributed by atoms with Gasteiger partial charge in [-0.15, -0.1) is 0 Å². The van der Waals surface area contributed by atoms with E-state index in [9.17, 15) is 4.39 Å². The fraction of sp³-hybridized carbons (Fsp3) is 0.200. The van der Waals surface area contributed by atoms with Crippen molar-refractivity contribution < 1.29 is 4.39 Å². The molecule has 0 heterocycles. The summed E-state index contributed by atoms with van der Waals surface area (Å²) in [6.45, 7) is 4.33. The second-order valence-corrected chi connectivity index (χ2v) is 4.27. The molecule has 0 atom stereocenters. The standard InChI is InChI=1S/C15H16FN/c1-10-6-7-12(9-17)8-14(10)13-4-3-5-15(16)11(13)2/h3-8H,9,17H2,1-2H3. The molecule has 0 aliphatic carbocycles. The summed E-state index contributed by atoms with van der Waals surface area (Å²) >= 11 is 0. The molecule has 0 aromatic heterocycles. The summed E-state index contributed by atoms with van der Waals surface area (Å²) in [5, 5.41) is 0. The van der Waals surface area contributed by atoms with Gasteiger partial charge in [-0.1, -0.05) is 24.3 Å². The van der Waals surface area contributed by atoms with Crippen LogP contribution < -0.4 is 5.73 Å². The Bertz CT molecular complexity index is 547. The summed E-state index contributed by atoms with van der Waals surface area (Å²) in [6, 6.07) is 11.3. The first-order chi connectivity index (χ1) is 8.13. The quantitative estimate of drug-likeness (QED) is 0.837. The van der Waals surface area contributed by atoms with Gasteiger partial charge in [-0.25, -0.2) is 4.39 Å². The molecule has 0 fully saturated rings. The van der Waals surface area contributed by atoms with Crippen molar-refractivity contribution in [3.8, 4) is 11.1 Å². The van der Waals surface area contributed by atoms with Crippen LogP contribution in [0.25, 0.3) is 11.1 Å². The molecule has 17 heavy (non-hydrogen) atoms. The van der Waals surface area contributed by atoms with E-state index in [1.54, 1.807) is 13.0 Å².